The van der Waals surface area contributed by atoms with Gasteiger partial charge in [-0.05, 0) is 36.8 Å². The summed E-state index contributed by atoms with van der Waals surface area (Å²) in [5.74, 6) is 0.281. The molecule has 0 amide bonds. The summed E-state index contributed by atoms with van der Waals surface area (Å²) in [5, 5.41) is 6.03. The van der Waals surface area contributed by atoms with Crippen LogP contribution >= 0.6 is 0 Å². The van der Waals surface area contributed by atoms with Crippen LogP contribution in [0, 0.1) is 18.6 Å². The van der Waals surface area contributed by atoms with E-state index in [1.165, 1.54) is 18.2 Å². The molecule has 0 bridgehead atoms. The zero-order valence-corrected chi connectivity index (χ0v) is 13.1. The molecule has 2 aromatic carbocycles. The van der Waals surface area contributed by atoms with Crippen molar-refractivity contribution in [2.75, 3.05) is 10.6 Å². The Balaban J connectivity index is 1.74. The first kappa shape index (κ1) is 15.9. The van der Waals surface area contributed by atoms with Crippen LogP contribution in [0.5, 0.6) is 0 Å². The van der Waals surface area contributed by atoms with Crippen LogP contribution in [0.4, 0.5) is 26.2 Å². The lowest BCUT2D eigenvalue weighted by atomic mass is 10.2. The maximum atomic E-state index is 13.7. The lowest BCUT2D eigenvalue weighted by molar-refractivity contribution is 0.627. The number of anilines is 3. The number of rotatable bonds is 5. The number of aromatic nitrogens is 2. The Morgan fingerprint density at radius 3 is 2.46 bits per heavy atom. The molecule has 24 heavy (non-hydrogen) atoms. The molecule has 1 aromatic heterocycles. The van der Waals surface area contributed by atoms with E-state index in [9.17, 15) is 8.78 Å². The van der Waals surface area contributed by atoms with Crippen LogP contribution in [-0.2, 0) is 6.54 Å². The highest BCUT2D eigenvalue weighted by atomic mass is 19.1. The Kier molecular flexibility index (Phi) is 4.65. The third-order valence-electron chi connectivity index (χ3n) is 3.35. The largest absolute Gasteiger partial charge is 0.350 e. The highest BCUT2D eigenvalue weighted by Crippen LogP contribution is 2.19. The molecular weight excluding hydrogens is 310 g/mol. The number of nitrogens with one attached hydrogen (secondary N) is 2. The zero-order valence-electron chi connectivity index (χ0n) is 13.1. The van der Waals surface area contributed by atoms with Gasteiger partial charge in [0.2, 0.25) is 5.95 Å². The maximum Gasteiger partial charge on any atom is 0.225 e. The molecule has 0 unspecified atom stereocenters. The summed E-state index contributed by atoms with van der Waals surface area (Å²) < 4.78 is 26.6. The lowest BCUT2D eigenvalue weighted by Gasteiger charge is -2.10. The molecule has 6 heteroatoms. The Morgan fingerprint density at radius 1 is 0.958 bits per heavy atom. The fraction of sp³-hybridized carbons (Fsp3) is 0.111. The standard InChI is InChI=1S/C18H16F2N4/c1-12-10-17(23-16-5-3-2-4-15(16)20)24-18(22-12)21-11-13-6-8-14(19)9-7-13/h2-10H,11H2,1H3,(H2,21,22,23,24). The van der Waals surface area contributed by atoms with Crippen molar-refractivity contribution in [2.45, 2.75) is 13.5 Å². The van der Waals surface area contributed by atoms with Gasteiger partial charge in [0.25, 0.3) is 0 Å². The number of hydrogen-bond acceptors (Lipinski definition) is 4. The zero-order chi connectivity index (χ0) is 16.9. The first-order chi connectivity index (χ1) is 11.6. The monoisotopic (exact) mass is 326 g/mol. The molecule has 0 aliphatic rings. The third kappa shape index (κ3) is 4.04. The van der Waals surface area contributed by atoms with Crippen LogP contribution in [0.1, 0.15) is 11.3 Å². The van der Waals surface area contributed by atoms with Gasteiger partial charge in [-0.25, -0.2) is 13.8 Å². The van der Waals surface area contributed by atoms with E-state index in [0.29, 0.717) is 24.0 Å². The van der Waals surface area contributed by atoms with Crippen molar-refractivity contribution in [1.82, 2.24) is 9.97 Å². The van der Waals surface area contributed by atoms with Gasteiger partial charge in [-0.1, -0.05) is 24.3 Å². The molecule has 3 rings (SSSR count). The number of aryl methyl sites for hydroxylation is 1. The highest BCUT2D eigenvalue weighted by molar-refractivity contribution is 5.58. The van der Waals surface area contributed by atoms with Crippen molar-refractivity contribution in [1.29, 1.82) is 0 Å². The van der Waals surface area contributed by atoms with E-state index in [-0.39, 0.29) is 11.6 Å². The van der Waals surface area contributed by atoms with E-state index in [0.717, 1.165) is 11.3 Å². The molecule has 0 spiro atoms. The molecule has 122 valence electrons. The van der Waals surface area contributed by atoms with Crippen LogP contribution in [0.2, 0.25) is 0 Å². The summed E-state index contributed by atoms with van der Waals surface area (Å²) in [7, 11) is 0. The van der Waals surface area contributed by atoms with E-state index < -0.39 is 0 Å². The predicted molar refractivity (Wildman–Crippen MR) is 90.2 cm³/mol. The van der Waals surface area contributed by atoms with Gasteiger partial charge in [0, 0.05) is 18.3 Å². The number of benzene rings is 2. The third-order valence-corrected chi connectivity index (χ3v) is 3.35. The first-order valence-electron chi connectivity index (χ1n) is 7.46. The van der Waals surface area contributed by atoms with Gasteiger partial charge in [-0.2, -0.15) is 4.98 Å². The number of hydrogen-bond donors (Lipinski definition) is 2. The average Bonchev–Trinajstić information content (AvgIpc) is 2.56. The van der Waals surface area contributed by atoms with Crippen LogP contribution in [-0.4, -0.2) is 9.97 Å². The topological polar surface area (TPSA) is 49.8 Å². The van der Waals surface area contributed by atoms with E-state index >= 15 is 0 Å². The number of halogens is 2. The van der Waals surface area contributed by atoms with Crippen molar-refractivity contribution in [2.24, 2.45) is 0 Å². The minimum Gasteiger partial charge on any atom is -0.350 e. The number of para-hydroxylation sites is 1. The highest BCUT2D eigenvalue weighted by Gasteiger charge is 2.06. The minimum atomic E-state index is -0.352. The normalized spacial score (nSPS) is 10.5. The Labute approximate surface area is 138 Å². The summed E-state index contributed by atoms with van der Waals surface area (Å²) in [5.41, 5.74) is 2.00. The number of nitrogens with zero attached hydrogens (tertiary/aromatic N) is 2. The van der Waals surface area contributed by atoms with Crippen molar-refractivity contribution in [3.63, 3.8) is 0 Å². The van der Waals surface area contributed by atoms with Crippen LogP contribution in [0.25, 0.3) is 0 Å². The molecule has 1 heterocycles. The minimum absolute atomic E-state index is 0.276. The molecule has 0 saturated carbocycles. The Hall–Kier alpha value is -3.02. The van der Waals surface area contributed by atoms with E-state index in [4.69, 9.17) is 0 Å². The molecule has 0 fully saturated rings. The molecule has 0 saturated heterocycles. The van der Waals surface area contributed by atoms with Crippen LogP contribution in [0.15, 0.2) is 54.6 Å². The maximum absolute atomic E-state index is 13.7. The molecule has 2 N–H and O–H groups in total. The smallest absolute Gasteiger partial charge is 0.225 e. The molecule has 3 aromatic rings. The molecule has 4 nitrogen and oxygen atoms in total. The summed E-state index contributed by atoms with van der Waals surface area (Å²) in [6.45, 7) is 2.29. The second-order valence-corrected chi connectivity index (χ2v) is 5.30. The van der Waals surface area contributed by atoms with Gasteiger partial charge in [-0.3, -0.25) is 0 Å². The fourth-order valence-electron chi connectivity index (χ4n) is 2.20. The fourth-order valence-corrected chi connectivity index (χ4v) is 2.20. The van der Waals surface area contributed by atoms with E-state index in [1.807, 2.05) is 6.92 Å². The van der Waals surface area contributed by atoms with Crippen molar-refractivity contribution in [3.05, 3.63) is 77.5 Å². The average molecular weight is 326 g/mol. The Bertz CT molecular complexity index is 835. The van der Waals surface area contributed by atoms with E-state index in [2.05, 4.69) is 20.6 Å². The van der Waals surface area contributed by atoms with Gasteiger partial charge in [-0.15, -0.1) is 0 Å². The summed E-state index contributed by atoms with van der Waals surface area (Å²) >= 11 is 0. The molecule has 0 aliphatic heterocycles. The summed E-state index contributed by atoms with van der Waals surface area (Å²) in [4.78, 5) is 8.63. The SMILES string of the molecule is Cc1cc(Nc2ccccc2F)nc(NCc2ccc(F)cc2)n1. The molecule has 0 atom stereocenters. The van der Waals surface area contributed by atoms with Gasteiger partial charge in [0.1, 0.15) is 17.5 Å². The Morgan fingerprint density at radius 2 is 1.71 bits per heavy atom. The van der Waals surface area contributed by atoms with Crippen LogP contribution in [0.3, 0.4) is 0 Å². The predicted octanol–water partition coefficient (Wildman–Crippen LogP) is 4.42. The van der Waals surface area contributed by atoms with Crippen molar-refractivity contribution < 1.29 is 8.78 Å². The molecular formula is C18H16F2N4. The second kappa shape index (κ2) is 7.04. The molecule has 0 radical (unpaired) electrons. The van der Waals surface area contributed by atoms with E-state index in [1.54, 1.807) is 36.4 Å². The van der Waals surface area contributed by atoms with Gasteiger partial charge < -0.3 is 10.6 Å². The first-order valence-corrected chi connectivity index (χ1v) is 7.46. The lowest BCUT2D eigenvalue weighted by Crippen LogP contribution is -2.06. The second-order valence-electron chi connectivity index (χ2n) is 5.30. The summed E-state index contributed by atoms with van der Waals surface area (Å²) in [6.07, 6.45) is 0. The quantitative estimate of drug-likeness (QED) is 0.729. The van der Waals surface area contributed by atoms with Crippen LogP contribution < -0.4 is 10.6 Å². The van der Waals surface area contributed by atoms with Crippen molar-refractivity contribution >= 4 is 17.5 Å². The molecule has 0 aliphatic carbocycles. The summed E-state index contributed by atoms with van der Waals surface area (Å²) in [6, 6.07) is 14.3. The van der Waals surface area contributed by atoms with Gasteiger partial charge in [0.15, 0.2) is 0 Å². The van der Waals surface area contributed by atoms with Gasteiger partial charge >= 0.3 is 0 Å². The van der Waals surface area contributed by atoms with Gasteiger partial charge in [0.05, 0.1) is 5.69 Å². The van der Waals surface area contributed by atoms with Crippen molar-refractivity contribution in [3.8, 4) is 0 Å².